The third kappa shape index (κ3) is 4.03. The number of hydrogen-bond acceptors (Lipinski definition) is 2. The van der Waals surface area contributed by atoms with Gasteiger partial charge in [0.05, 0.1) is 5.56 Å². The molecule has 3 nitrogen and oxygen atoms in total. The number of carbonyl (C=O) groups excluding carboxylic acids is 1. The summed E-state index contributed by atoms with van der Waals surface area (Å²) in [6.45, 7) is 2.73. The number of benzene rings is 1. The predicted octanol–water partition coefficient (Wildman–Crippen LogP) is 2.09. The molecule has 6 heteroatoms. The molecular weight excluding hydrogens is 247 g/mol. The fourth-order valence-electron chi connectivity index (χ4n) is 1.21. The van der Waals surface area contributed by atoms with Crippen molar-refractivity contribution in [3.05, 3.63) is 35.4 Å². The van der Waals surface area contributed by atoms with Gasteiger partial charge in [0.15, 0.2) is 0 Å². The standard InChI is InChI=1S/C12H14F3NO2/c1-11(2,18)10(17)16-7-8-3-5-9(6-4-8)12(13,14)15/h3-6,18H,7H2,1-2H3,(H,16,17). The largest absolute Gasteiger partial charge is 0.416 e. The topological polar surface area (TPSA) is 49.3 Å². The smallest absolute Gasteiger partial charge is 0.381 e. The summed E-state index contributed by atoms with van der Waals surface area (Å²) in [7, 11) is 0. The van der Waals surface area contributed by atoms with E-state index in [0.717, 1.165) is 12.1 Å². The summed E-state index contributed by atoms with van der Waals surface area (Å²) in [5, 5.41) is 11.8. The molecule has 0 aromatic heterocycles. The first-order valence-electron chi connectivity index (χ1n) is 5.27. The maximum atomic E-state index is 12.3. The van der Waals surface area contributed by atoms with Crippen LogP contribution in [0.5, 0.6) is 0 Å². The molecule has 2 N–H and O–H groups in total. The number of rotatable bonds is 3. The molecule has 1 aromatic carbocycles. The third-order valence-electron chi connectivity index (χ3n) is 2.29. The summed E-state index contributed by atoms with van der Waals surface area (Å²) < 4.78 is 36.9. The van der Waals surface area contributed by atoms with Gasteiger partial charge in [0.25, 0.3) is 5.91 Å². The lowest BCUT2D eigenvalue weighted by Gasteiger charge is -2.16. The Morgan fingerprint density at radius 1 is 1.22 bits per heavy atom. The lowest BCUT2D eigenvalue weighted by atomic mass is 10.1. The quantitative estimate of drug-likeness (QED) is 0.875. The van der Waals surface area contributed by atoms with Crippen LogP contribution in [0.4, 0.5) is 13.2 Å². The molecule has 0 atom stereocenters. The van der Waals surface area contributed by atoms with E-state index in [1.165, 1.54) is 26.0 Å². The molecule has 0 fully saturated rings. The first-order valence-corrected chi connectivity index (χ1v) is 5.27. The van der Waals surface area contributed by atoms with Crippen LogP contribution in [-0.4, -0.2) is 16.6 Å². The fourth-order valence-corrected chi connectivity index (χ4v) is 1.21. The van der Waals surface area contributed by atoms with Crippen LogP contribution >= 0.6 is 0 Å². The molecule has 0 aliphatic heterocycles. The summed E-state index contributed by atoms with van der Waals surface area (Å²) in [5.41, 5.74) is -1.72. The summed E-state index contributed by atoms with van der Waals surface area (Å²) in [6.07, 6.45) is -4.37. The number of amides is 1. The van der Waals surface area contributed by atoms with Gasteiger partial charge in [-0.1, -0.05) is 12.1 Å². The zero-order valence-corrected chi connectivity index (χ0v) is 10.0. The van der Waals surface area contributed by atoms with E-state index in [-0.39, 0.29) is 6.54 Å². The SMILES string of the molecule is CC(C)(O)C(=O)NCc1ccc(C(F)(F)F)cc1. The van der Waals surface area contributed by atoms with Crippen LogP contribution in [0.15, 0.2) is 24.3 Å². The van der Waals surface area contributed by atoms with E-state index in [0.29, 0.717) is 5.56 Å². The van der Waals surface area contributed by atoms with Crippen molar-refractivity contribution in [3.63, 3.8) is 0 Å². The summed E-state index contributed by atoms with van der Waals surface area (Å²) in [6, 6.07) is 4.47. The molecule has 0 saturated carbocycles. The van der Waals surface area contributed by atoms with Crippen LogP contribution in [-0.2, 0) is 17.5 Å². The van der Waals surface area contributed by atoms with Gasteiger partial charge in [-0.2, -0.15) is 13.2 Å². The monoisotopic (exact) mass is 261 g/mol. The van der Waals surface area contributed by atoms with Gasteiger partial charge in [-0.05, 0) is 31.5 Å². The summed E-state index contributed by atoms with van der Waals surface area (Å²) in [4.78, 5) is 11.3. The Balaban J connectivity index is 2.63. The summed E-state index contributed by atoms with van der Waals surface area (Å²) in [5.74, 6) is -0.581. The van der Waals surface area contributed by atoms with E-state index in [1.807, 2.05) is 0 Å². The van der Waals surface area contributed by atoms with Crippen molar-refractivity contribution in [3.8, 4) is 0 Å². The Morgan fingerprint density at radius 2 is 1.72 bits per heavy atom. The highest BCUT2D eigenvalue weighted by Gasteiger charge is 2.30. The van der Waals surface area contributed by atoms with Gasteiger partial charge in [-0.15, -0.1) is 0 Å². The van der Waals surface area contributed by atoms with Gasteiger partial charge in [-0.3, -0.25) is 4.79 Å². The first kappa shape index (κ1) is 14.5. The van der Waals surface area contributed by atoms with Crippen molar-refractivity contribution in [1.82, 2.24) is 5.32 Å². The fraction of sp³-hybridized carbons (Fsp3) is 0.417. The van der Waals surface area contributed by atoms with E-state index in [4.69, 9.17) is 0 Å². The molecule has 0 bridgehead atoms. The van der Waals surface area contributed by atoms with E-state index in [1.54, 1.807) is 0 Å². The lowest BCUT2D eigenvalue weighted by molar-refractivity contribution is -0.138. The highest BCUT2D eigenvalue weighted by Crippen LogP contribution is 2.29. The van der Waals surface area contributed by atoms with Crippen molar-refractivity contribution in [2.45, 2.75) is 32.2 Å². The molecule has 1 amide bonds. The van der Waals surface area contributed by atoms with Crippen LogP contribution in [0, 0.1) is 0 Å². The molecule has 0 aliphatic carbocycles. The molecule has 0 saturated heterocycles. The molecule has 0 spiro atoms. The second-order valence-corrected chi connectivity index (χ2v) is 4.44. The molecular formula is C12H14F3NO2. The number of carbonyl (C=O) groups is 1. The number of nitrogens with one attached hydrogen (secondary N) is 1. The Bertz CT molecular complexity index is 418. The van der Waals surface area contributed by atoms with Gasteiger partial charge in [0.2, 0.25) is 0 Å². The number of halogens is 3. The van der Waals surface area contributed by atoms with Crippen LogP contribution in [0.1, 0.15) is 25.0 Å². The van der Waals surface area contributed by atoms with Crippen LogP contribution in [0.2, 0.25) is 0 Å². The minimum Gasteiger partial charge on any atom is -0.381 e. The van der Waals surface area contributed by atoms with Gasteiger partial charge in [0, 0.05) is 6.54 Å². The third-order valence-corrected chi connectivity index (χ3v) is 2.29. The van der Waals surface area contributed by atoms with Gasteiger partial charge < -0.3 is 10.4 Å². The van der Waals surface area contributed by atoms with Crippen molar-refractivity contribution in [2.24, 2.45) is 0 Å². The van der Waals surface area contributed by atoms with E-state index < -0.39 is 23.2 Å². The maximum absolute atomic E-state index is 12.3. The second kappa shape index (κ2) is 4.97. The van der Waals surface area contributed by atoms with Crippen molar-refractivity contribution in [1.29, 1.82) is 0 Å². The minimum atomic E-state index is -4.37. The zero-order chi connectivity index (χ0) is 14.0. The maximum Gasteiger partial charge on any atom is 0.416 e. The Hall–Kier alpha value is -1.56. The van der Waals surface area contributed by atoms with Crippen LogP contribution in [0.25, 0.3) is 0 Å². The molecule has 1 aromatic rings. The highest BCUT2D eigenvalue weighted by atomic mass is 19.4. The summed E-state index contributed by atoms with van der Waals surface area (Å²) >= 11 is 0. The van der Waals surface area contributed by atoms with Gasteiger partial charge in [0.1, 0.15) is 5.60 Å². The number of hydrogen-bond donors (Lipinski definition) is 2. The van der Waals surface area contributed by atoms with Gasteiger partial charge >= 0.3 is 6.18 Å². The lowest BCUT2D eigenvalue weighted by Crippen LogP contribution is -2.41. The minimum absolute atomic E-state index is 0.0704. The molecule has 1 rings (SSSR count). The van der Waals surface area contributed by atoms with Crippen LogP contribution < -0.4 is 5.32 Å². The van der Waals surface area contributed by atoms with Crippen molar-refractivity contribution < 1.29 is 23.1 Å². The average Bonchev–Trinajstić information content (AvgIpc) is 2.24. The molecule has 0 unspecified atom stereocenters. The molecule has 18 heavy (non-hydrogen) atoms. The average molecular weight is 261 g/mol. The van der Waals surface area contributed by atoms with Crippen molar-refractivity contribution in [2.75, 3.05) is 0 Å². The Morgan fingerprint density at radius 3 is 2.11 bits per heavy atom. The first-order chi connectivity index (χ1) is 8.10. The molecule has 100 valence electrons. The van der Waals surface area contributed by atoms with Crippen molar-refractivity contribution >= 4 is 5.91 Å². The highest BCUT2D eigenvalue weighted by molar-refractivity contribution is 5.83. The number of alkyl halides is 3. The van der Waals surface area contributed by atoms with Gasteiger partial charge in [-0.25, -0.2) is 0 Å². The molecule has 0 heterocycles. The zero-order valence-electron chi connectivity index (χ0n) is 10.0. The normalized spacial score (nSPS) is 12.3. The van der Waals surface area contributed by atoms with E-state index >= 15 is 0 Å². The molecule has 0 radical (unpaired) electrons. The van der Waals surface area contributed by atoms with Crippen LogP contribution in [0.3, 0.4) is 0 Å². The van der Waals surface area contributed by atoms with E-state index in [9.17, 15) is 23.1 Å². The van der Waals surface area contributed by atoms with E-state index in [2.05, 4.69) is 5.32 Å². The predicted molar refractivity (Wildman–Crippen MR) is 59.6 cm³/mol. The number of aliphatic hydroxyl groups is 1. The Labute approximate surface area is 103 Å². The molecule has 0 aliphatic rings. The Kier molecular flexibility index (Phi) is 4.01. The second-order valence-electron chi connectivity index (χ2n) is 4.44.